The molecular formula is C18H18ClNO2. The molecule has 0 aliphatic carbocycles. The Morgan fingerprint density at radius 3 is 2.64 bits per heavy atom. The summed E-state index contributed by atoms with van der Waals surface area (Å²) in [7, 11) is 1.61. The Balaban J connectivity index is 1.96. The molecule has 1 N–H and O–H groups in total. The summed E-state index contributed by atoms with van der Waals surface area (Å²) in [5.41, 5.74) is 1.92. The Bertz CT molecular complexity index is 665. The molecule has 0 saturated heterocycles. The predicted octanol–water partition coefficient (Wildman–Crippen LogP) is 4.24. The summed E-state index contributed by atoms with van der Waals surface area (Å²) in [5.74, 6) is 0.613. The van der Waals surface area contributed by atoms with Gasteiger partial charge in [0.1, 0.15) is 5.75 Å². The first-order chi connectivity index (χ1) is 10.6. The van der Waals surface area contributed by atoms with Gasteiger partial charge in [0.15, 0.2) is 0 Å². The third-order valence-electron chi connectivity index (χ3n) is 3.25. The van der Waals surface area contributed by atoms with Crippen molar-refractivity contribution < 1.29 is 9.53 Å². The van der Waals surface area contributed by atoms with E-state index in [0.717, 1.165) is 16.9 Å². The lowest BCUT2D eigenvalue weighted by Crippen LogP contribution is -2.24. The number of nitrogens with one attached hydrogen (secondary N) is 1. The molecule has 0 aliphatic rings. The Morgan fingerprint density at radius 1 is 1.23 bits per heavy atom. The van der Waals surface area contributed by atoms with Gasteiger partial charge in [-0.1, -0.05) is 35.9 Å². The van der Waals surface area contributed by atoms with Gasteiger partial charge in [0.25, 0.3) is 0 Å². The van der Waals surface area contributed by atoms with Crippen LogP contribution < -0.4 is 10.1 Å². The van der Waals surface area contributed by atoms with Gasteiger partial charge in [-0.3, -0.25) is 4.79 Å². The average Bonchev–Trinajstić information content (AvgIpc) is 2.53. The monoisotopic (exact) mass is 315 g/mol. The number of halogens is 1. The third-order valence-corrected chi connectivity index (χ3v) is 3.50. The molecule has 1 unspecified atom stereocenters. The second-order valence-electron chi connectivity index (χ2n) is 4.89. The Hall–Kier alpha value is -2.26. The van der Waals surface area contributed by atoms with E-state index in [1.54, 1.807) is 13.2 Å². The van der Waals surface area contributed by atoms with Gasteiger partial charge in [-0.05, 0) is 48.4 Å². The van der Waals surface area contributed by atoms with Crippen LogP contribution in [0.5, 0.6) is 5.75 Å². The van der Waals surface area contributed by atoms with E-state index in [9.17, 15) is 4.79 Å². The number of hydrogen-bond acceptors (Lipinski definition) is 2. The predicted molar refractivity (Wildman–Crippen MR) is 90.0 cm³/mol. The first-order valence-corrected chi connectivity index (χ1v) is 7.34. The van der Waals surface area contributed by atoms with E-state index in [1.807, 2.05) is 55.5 Å². The lowest BCUT2D eigenvalue weighted by molar-refractivity contribution is -0.117. The van der Waals surface area contributed by atoms with Crippen LogP contribution in [0, 0.1) is 0 Å². The smallest absolute Gasteiger partial charge is 0.244 e. The van der Waals surface area contributed by atoms with Crippen LogP contribution in [0.2, 0.25) is 5.02 Å². The maximum Gasteiger partial charge on any atom is 0.244 e. The average molecular weight is 316 g/mol. The van der Waals surface area contributed by atoms with Crippen molar-refractivity contribution in [1.29, 1.82) is 0 Å². The topological polar surface area (TPSA) is 38.3 Å². The molecule has 0 heterocycles. The third kappa shape index (κ3) is 4.64. The summed E-state index contributed by atoms with van der Waals surface area (Å²) in [5, 5.41) is 3.60. The lowest BCUT2D eigenvalue weighted by atomic mass is 10.1. The Labute approximate surface area is 135 Å². The van der Waals surface area contributed by atoms with Gasteiger partial charge >= 0.3 is 0 Å². The number of ether oxygens (including phenoxy) is 1. The Kier molecular flexibility index (Phi) is 5.61. The lowest BCUT2D eigenvalue weighted by Gasteiger charge is -2.12. The van der Waals surface area contributed by atoms with E-state index in [4.69, 9.17) is 16.3 Å². The van der Waals surface area contributed by atoms with Crippen molar-refractivity contribution in [1.82, 2.24) is 5.32 Å². The summed E-state index contributed by atoms with van der Waals surface area (Å²) < 4.78 is 5.15. The zero-order chi connectivity index (χ0) is 15.9. The van der Waals surface area contributed by atoms with Gasteiger partial charge in [-0.2, -0.15) is 0 Å². The fourth-order valence-corrected chi connectivity index (χ4v) is 2.14. The molecule has 0 radical (unpaired) electrons. The molecule has 0 aliphatic heterocycles. The summed E-state index contributed by atoms with van der Waals surface area (Å²) in [4.78, 5) is 12.0. The molecule has 2 rings (SSSR count). The van der Waals surface area contributed by atoms with Crippen molar-refractivity contribution in [3.05, 3.63) is 70.8 Å². The SMILES string of the molecule is COc1cccc(/C=C/C(=O)NC(C)c2ccc(Cl)cc2)c1. The zero-order valence-electron chi connectivity index (χ0n) is 12.5. The molecule has 1 amide bonds. The van der Waals surface area contributed by atoms with E-state index in [0.29, 0.717) is 5.02 Å². The molecule has 0 saturated carbocycles. The molecule has 2 aromatic carbocycles. The second kappa shape index (κ2) is 7.66. The molecule has 3 nitrogen and oxygen atoms in total. The number of carbonyl (C=O) groups is 1. The maximum atomic E-state index is 12.0. The van der Waals surface area contributed by atoms with Crippen LogP contribution in [-0.4, -0.2) is 13.0 Å². The first-order valence-electron chi connectivity index (χ1n) is 6.96. The highest BCUT2D eigenvalue weighted by Gasteiger charge is 2.07. The van der Waals surface area contributed by atoms with E-state index in [1.165, 1.54) is 6.08 Å². The number of benzene rings is 2. The summed E-state index contributed by atoms with van der Waals surface area (Å²) >= 11 is 5.86. The van der Waals surface area contributed by atoms with Crippen molar-refractivity contribution in [3.63, 3.8) is 0 Å². The molecule has 0 spiro atoms. The fraction of sp³-hybridized carbons (Fsp3) is 0.167. The highest BCUT2D eigenvalue weighted by molar-refractivity contribution is 6.30. The summed E-state index contributed by atoms with van der Waals surface area (Å²) in [6, 6.07) is 14.9. The van der Waals surface area contributed by atoms with Crippen molar-refractivity contribution in [2.45, 2.75) is 13.0 Å². The van der Waals surface area contributed by atoms with Gasteiger partial charge in [0, 0.05) is 11.1 Å². The molecule has 114 valence electrons. The molecule has 2 aromatic rings. The molecule has 0 bridgehead atoms. The van der Waals surface area contributed by atoms with Crippen LogP contribution in [-0.2, 0) is 4.79 Å². The minimum atomic E-state index is -0.148. The van der Waals surface area contributed by atoms with Crippen LogP contribution in [0.4, 0.5) is 0 Å². The standard InChI is InChI=1S/C18H18ClNO2/c1-13(15-7-9-16(19)10-8-15)20-18(21)11-6-14-4-3-5-17(12-14)22-2/h3-13H,1-2H3,(H,20,21)/b11-6+. The van der Waals surface area contributed by atoms with Gasteiger partial charge in [0.2, 0.25) is 5.91 Å². The minimum absolute atomic E-state index is 0.0836. The highest BCUT2D eigenvalue weighted by Crippen LogP contribution is 2.16. The number of carbonyl (C=O) groups excluding carboxylic acids is 1. The van der Waals surface area contributed by atoms with Crippen LogP contribution in [0.1, 0.15) is 24.1 Å². The number of amides is 1. The van der Waals surface area contributed by atoms with Crippen LogP contribution in [0.25, 0.3) is 6.08 Å². The van der Waals surface area contributed by atoms with Crippen LogP contribution in [0.3, 0.4) is 0 Å². The molecule has 0 aromatic heterocycles. The first kappa shape index (κ1) is 16.1. The van der Waals surface area contributed by atoms with E-state index in [2.05, 4.69) is 5.32 Å². The zero-order valence-corrected chi connectivity index (χ0v) is 13.3. The molecule has 1 atom stereocenters. The van der Waals surface area contributed by atoms with Gasteiger partial charge < -0.3 is 10.1 Å². The van der Waals surface area contributed by atoms with Gasteiger partial charge in [0.05, 0.1) is 13.2 Å². The van der Waals surface area contributed by atoms with E-state index in [-0.39, 0.29) is 11.9 Å². The quantitative estimate of drug-likeness (QED) is 0.838. The van der Waals surface area contributed by atoms with Crippen LogP contribution in [0.15, 0.2) is 54.6 Å². The Morgan fingerprint density at radius 2 is 1.95 bits per heavy atom. The fourth-order valence-electron chi connectivity index (χ4n) is 2.01. The largest absolute Gasteiger partial charge is 0.497 e. The number of hydrogen-bond donors (Lipinski definition) is 1. The van der Waals surface area contributed by atoms with E-state index < -0.39 is 0 Å². The van der Waals surface area contributed by atoms with Crippen molar-refractivity contribution in [3.8, 4) is 5.75 Å². The number of rotatable bonds is 5. The molecule has 22 heavy (non-hydrogen) atoms. The maximum absolute atomic E-state index is 12.0. The van der Waals surface area contributed by atoms with Crippen molar-refractivity contribution in [2.24, 2.45) is 0 Å². The van der Waals surface area contributed by atoms with Crippen molar-refractivity contribution in [2.75, 3.05) is 7.11 Å². The van der Waals surface area contributed by atoms with Crippen molar-refractivity contribution >= 4 is 23.6 Å². The van der Waals surface area contributed by atoms with Gasteiger partial charge in [-0.15, -0.1) is 0 Å². The molecular weight excluding hydrogens is 298 g/mol. The summed E-state index contributed by atoms with van der Waals surface area (Å²) in [6.45, 7) is 1.93. The minimum Gasteiger partial charge on any atom is -0.497 e. The van der Waals surface area contributed by atoms with Gasteiger partial charge in [-0.25, -0.2) is 0 Å². The molecule has 4 heteroatoms. The summed E-state index contributed by atoms with van der Waals surface area (Å²) in [6.07, 6.45) is 3.27. The molecule has 0 fully saturated rings. The highest BCUT2D eigenvalue weighted by atomic mass is 35.5. The second-order valence-corrected chi connectivity index (χ2v) is 5.33. The van der Waals surface area contributed by atoms with Crippen LogP contribution >= 0.6 is 11.6 Å². The van der Waals surface area contributed by atoms with E-state index >= 15 is 0 Å². The normalized spacial score (nSPS) is 12.1. The number of methoxy groups -OCH3 is 1.